The highest BCUT2D eigenvalue weighted by Crippen LogP contribution is 2.20. The van der Waals surface area contributed by atoms with E-state index in [1.807, 2.05) is 48.7 Å². The van der Waals surface area contributed by atoms with E-state index < -0.39 is 0 Å². The van der Waals surface area contributed by atoms with Crippen LogP contribution < -0.4 is 4.74 Å². The summed E-state index contributed by atoms with van der Waals surface area (Å²) in [7, 11) is 0. The topological polar surface area (TPSA) is 25.0 Å². The van der Waals surface area contributed by atoms with Crippen molar-refractivity contribution in [1.29, 1.82) is 0 Å². The Morgan fingerprint density at radius 3 is 2.68 bits per heavy atom. The first-order valence-corrected chi connectivity index (χ1v) is 6.26. The van der Waals surface area contributed by atoms with Gasteiger partial charge in [-0.05, 0) is 35.4 Å². The van der Waals surface area contributed by atoms with Gasteiger partial charge in [0.05, 0.1) is 0 Å². The zero-order valence-electron chi connectivity index (χ0n) is 10.6. The van der Waals surface area contributed by atoms with Gasteiger partial charge in [0.1, 0.15) is 12.4 Å². The summed E-state index contributed by atoms with van der Waals surface area (Å²) in [4.78, 5) is 3.17. The van der Waals surface area contributed by atoms with Crippen molar-refractivity contribution in [2.75, 3.05) is 0 Å². The van der Waals surface area contributed by atoms with E-state index in [1.54, 1.807) is 0 Å². The predicted molar refractivity (Wildman–Crippen MR) is 79.2 cm³/mol. The summed E-state index contributed by atoms with van der Waals surface area (Å²) in [5.41, 5.74) is 3.40. The third-order valence-corrected chi connectivity index (χ3v) is 3.15. The van der Waals surface area contributed by atoms with E-state index in [0.29, 0.717) is 6.61 Å². The minimum absolute atomic E-state index is 0.577. The zero-order valence-corrected chi connectivity index (χ0v) is 10.6. The molecule has 0 aliphatic heterocycles. The molecule has 1 N–H and O–H groups in total. The van der Waals surface area contributed by atoms with Crippen LogP contribution in [0.3, 0.4) is 0 Å². The number of rotatable bonds is 4. The smallest absolute Gasteiger partial charge is 0.120 e. The van der Waals surface area contributed by atoms with Crippen LogP contribution in [0.5, 0.6) is 5.75 Å². The summed E-state index contributed by atoms with van der Waals surface area (Å²) in [5, 5.41) is 1.17. The monoisotopic (exact) mass is 249 g/mol. The molecule has 0 aliphatic rings. The molecule has 1 heterocycles. The Morgan fingerprint density at radius 2 is 1.89 bits per heavy atom. The maximum absolute atomic E-state index is 5.80. The molecule has 0 radical (unpaired) electrons. The molecule has 3 rings (SSSR count). The van der Waals surface area contributed by atoms with Gasteiger partial charge in [0.2, 0.25) is 0 Å². The number of H-pyrrole nitrogens is 1. The molecule has 19 heavy (non-hydrogen) atoms. The molecule has 0 saturated heterocycles. The molecule has 2 nitrogen and oxygen atoms in total. The Hall–Kier alpha value is -2.48. The standard InChI is InChI=1S/C17H15NO/c1-2-13-3-5-14(6-4-13)12-19-16-7-8-17-15(11-16)9-10-18-17/h2-11,18H,1,12H2. The van der Waals surface area contributed by atoms with E-state index in [9.17, 15) is 0 Å². The van der Waals surface area contributed by atoms with Gasteiger partial charge < -0.3 is 9.72 Å². The second-order valence-corrected chi connectivity index (χ2v) is 4.46. The van der Waals surface area contributed by atoms with E-state index in [4.69, 9.17) is 4.74 Å². The third-order valence-electron chi connectivity index (χ3n) is 3.15. The molecule has 0 bridgehead atoms. The van der Waals surface area contributed by atoms with Gasteiger partial charge in [0.15, 0.2) is 0 Å². The normalized spacial score (nSPS) is 10.5. The largest absolute Gasteiger partial charge is 0.489 e. The Bertz CT molecular complexity index is 695. The number of ether oxygens (including phenoxy) is 1. The Labute approximate surface area is 112 Å². The van der Waals surface area contributed by atoms with Crippen LogP contribution in [0.2, 0.25) is 0 Å². The van der Waals surface area contributed by atoms with Gasteiger partial charge in [-0.2, -0.15) is 0 Å². The van der Waals surface area contributed by atoms with E-state index in [2.05, 4.69) is 23.7 Å². The molecule has 0 aliphatic carbocycles. The van der Waals surface area contributed by atoms with Crippen LogP contribution in [0, 0.1) is 0 Å². The van der Waals surface area contributed by atoms with Gasteiger partial charge in [-0.15, -0.1) is 0 Å². The number of fused-ring (bicyclic) bond motifs is 1. The summed E-state index contributed by atoms with van der Waals surface area (Å²) < 4.78 is 5.80. The van der Waals surface area contributed by atoms with Crippen molar-refractivity contribution in [3.8, 4) is 5.75 Å². The number of aromatic amines is 1. The summed E-state index contributed by atoms with van der Waals surface area (Å²) >= 11 is 0. The van der Waals surface area contributed by atoms with Crippen molar-refractivity contribution in [3.05, 3.63) is 72.4 Å². The van der Waals surface area contributed by atoms with Crippen LogP contribution in [0.1, 0.15) is 11.1 Å². The van der Waals surface area contributed by atoms with E-state index in [1.165, 1.54) is 5.39 Å². The van der Waals surface area contributed by atoms with Crippen molar-refractivity contribution < 1.29 is 4.74 Å². The lowest BCUT2D eigenvalue weighted by Gasteiger charge is -2.06. The highest BCUT2D eigenvalue weighted by Gasteiger charge is 1.99. The maximum atomic E-state index is 5.80. The van der Waals surface area contributed by atoms with Crippen LogP contribution >= 0.6 is 0 Å². The SMILES string of the molecule is C=Cc1ccc(COc2ccc3[nH]ccc3c2)cc1. The van der Waals surface area contributed by atoms with Gasteiger partial charge >= 0.3 is 0 Å². The number of benzene rings is 2. The van der Waals surface area contributed by atoms with Crippen LogP contribution in [0.25, 0.3) is 17.0 Å². The number of aromatic nitrogens is 1. The van der Waals surface area contributed by atoms with Crippen molar-refractivity contribution >= 4 is 17.0 Å². The van der Waals surface area contributed by atoms with Gasteiger partial charge in [-0.1, -0.05) is 36.9 Å². The summed E-state index contributed by atoms with van der Waals surface area (Å²) in [6, 6.07) is 16.3. The number of hydrogen-bond acceptors (Lipinski definition) is 1. The molecular weight excluding hydrogens is 234 g/mol. The van der Waals surface area contributed by atoms with Gasteiger partial charge in [-0.25, -0.2) is 0 Å². The number of nitrogens with one attached hydrogen (secondary N) is 1. The summed E-state index contributed by atoms with van der Waals surface area (Å²) in [5.74, 6) is 0.889. The fraction of sp³-hybridized carbons (Fsp3) is 0.0588. The second kappa shape index (κ2) is 5.02. The minimum Gasteiger partial charge on any atom is -0.489 e. The molecule has 0 fully saturated rings. The predicted octanol–water partition coefficient (Wildman–Crippen LogP) is 4.39. The fourth-order valence-corrected chi connectivity index (χ4v) is 2.04. The van der Waals surface area contributed by atoms with E-state index in [0.717, 1.165) is 22.4 Å². The Kier molecular flexibility index (Phi) is 3.07. The van der Waals surface area contributed by atoms with Crippen molar-refractivity contribution in [2.24, 2.45) is 0 Å². The third kappa shape index (κ3) is 2.52. The van der Waals surface area contributed by atoms with E-state index >= 15 is 0 Å². The van der Waals surface area contributed by atoms with Crippen LogP contribution in [-0.4, -0.2) is 4.98 Å². The minimum atomic E-state index is 0.577. The highest BCUT2D eigenvalue weighted by molar-refractivity contribution is 5.80. The molecule has 0 unspecified atom stereocenters. The first-order valence-electron chi connectivity index (χ1n) is 6.26. The molecular formula is C17H15NO. The van der Waals surface area contributed by atoms with Crippen molar-refractivity contribution in [3.63, 3.8) is 0 Å². The highest BCUT2D eigenvalue weighted by atomic mass is 16.5. The summed E-state index contributed by atoms with van der Waals surface area (Å²) in [6.45, 7) is 4.32. The average molecular weight is 249 g/mol. The quantitative estimate of drug-likeness (QED) is 0.728. The van der Waals surface area contributed by atoms with Crippen LogP contribution in [0.15, 0.2) is 61.3 Å². The lowest BCUT2D eigenvalue weighted by Crippen LogP contribution is -1.95. The van der Waals surface area contributed by atoms with Crippen molar-refractivity contribution in [2.45, 2.75) is 6.61 Å². The molecule has 0 atom stereocenters. The molecule has 94 valence electrons. The van der Waals surface area contributed by atoms with Crippen LogP contribution in [-0.2, 0) is 6.61 Å². The second-order valence-electron chi connectivity index (χ2n) is 4.46. The molecule has 0 saturated carbocycles. The molecule has 3 aromatic rings. The Balaban J connectivity index is 1.72. The van der Waals surface area contributed by atoms with Gasteiger partial charge in [-0.3, -0.25) is 0 Å². The van der Waals surface area contributed by atoms with Gasteiger partial charge in [0.25, 0.3) is 0 Å². The average Bonchev–Trinajstić information content (AvgIpc) is 2.93. The lowest BCUT2D eigenvalue weighted by atomic mass is 10.1. The first-order chi connectivity index (χ1) is 9.35. The lowest BCUT2D eigenvalue weighted by molar-refractivity contribution is 0.306. The summed E-state index contributed by atoms with van der Waals surface area (Å²) in [6.07, 6.45) is 3.77. The number of hydrogen-bond donors (Lipinski definition) is 1. The first kappa shape index (κ1) is 11.6. The maximum Gasteiger partial charge on any atom is 0.120 e. The Morgan fingerprint density at radius 1 is 1.05 bits per heavy atom. The molecule has 0 amide bonds. The molecule has 2 heteroatoms. The van der Waals surface area contributed by atoms with Crippen LogP contribution in [0.4, 0.5) is 0 Å². The fourth-order valence-electron chi connectivity index (χ4n) is 2.04. The zero-order chi connectivity index (χ0) is 13.1. The molecule has 2 aromatic carbocycles. The van der Waals surface area contributed by atoms with Crippen molar-refractivity contribution in [1.82, 2.24) is 4.98 Å². The molecule has 1 aromatic heterocycles. The van der Waals surface area contributed by atoms with Gasteiger partial charge in [0, 0.05) is 17.1 Å². The molecule has 0 spiro atoms. The van der Waals surface area contributed by atoms with E-state index in [-0.39, 0.29) is 0 Å².